The minimum Gasteiger partial charge on any atom is -0.477 e. The number of rotatable bonds is 4. The number of anilines is 2. The maximum atomic E-state index is 10.9. The van der Waals surface area contributed by atoms with E-state index < -0.39 is 5.97 Å². The summed E-state index contributed by atoms with van der Waals surface area (Å²) in [4.78, 5) is 14.8. The fourth-order valence-electron chi connectivity index (χ4n) is 1.63. The number of nitrogens with two attached hydrogens (primary N) is 1. The molecule has 0 aliphatic heterocycles. The van der Waals surface area contributed by atoms with E-state index in [1.54, 1.807) is 10.9 Å². The molecule has 0 spiro atoms. The van der Waals surface area contributed by atoms with Gasteiger partial charge < -0.3 is 16.2 Å². The highest BCUT2D eigenvalue weighted by Gasteiger charge is 2.09. The SMILES string of the molecule is Cc1c(CNc2nc(C(=O)O)ccc2N)cnn1C. The third kappa shape index (κ3) is 2.65. The quantitative estimate of drug-likeness (QED) is 0.758. The van der Waals surface area contributed by atoms with Crippen LogP contribution in [0.15, 0.2) is 18.3 Å². The fourth-order valence-corrected chi connectivity index (χ4v) is 1.63. The Bertz CT molecular complexity index is 621. The molecule has 2 aromatic heterocycles. The lowest BCUT2D eigenvalue weighted by Gasteiger charge is -2.08. The summed E-state index contributed by atoms with van der Waals surface area (Å²) < 4.78 is 1.77. The summed E-state index contributed by atoms with van der Waals surface area (Å²) in [5.74, 6) is -0.719. The fraction of sp³-hybridized carbons (Fsp3) is 0.250. The van der Waals surface area contributed by atoms with Crippen molar-refractivity contribution >= 4 is 17.5 Å². The van der Waals surface area contributed by atoms with Crippen LogP contribution < -0.4 is 11.1 Å². The van der Waals surface area contributed by atoms with E-state index in [0.717, 1.165) is 11.3 Å². The maximum Gasteiger partial charge on any atom is 0.354 e. The third-order valence-corrected chi connectivity index (χ3v) is 2.93. The smallest absolute Gasteiger partial charge is 0.354 e. The summed E-state index contributed by atoms with van der Waals surface area (Å²) in [7, 11) is 1.86. The molecule has 19 heavy (non-hydrogen) atoms. The summed E-state index contributed by atoms with van der Waals surface area (Å²) in [5.41, 5.74) is 8.16. The van der Waals surface area contributed by atoms with Gasteiger partial charge in [-0.15, -0.1) is 0 Å². The molecule has 0 aliphatic rings. The van der Waals surface area contributed by atoms with Crippen LogP contribution in [-0.4, -0.2) is 25.8 Å². The number of carboxylic acid groups (broad SMARTS) is 1. The molecule has 2 rings (SSSR count). The van der Waals surface area contributed by atoms with Crippen molar-refractivity contribution in [3.63, 3.8) is 0 Å². The number of nitrogens with zero attached hydrogens (tertiary/aromatic N) is 3. The summed E-state index contributed by atoms with van der Waals surface area (Å²) in [6.45, 7) is 2.44. The van der Waals surface area contributed by atoms with Gasteiger partial charge in [-0.25, -0.2) is 9.78 Å². The molecule has 2 heterocycles. The van der Waals surface area contributed by atoms with E-state index in [4.69, 9.17) is 10.8 Å². The first-order valence-electron chi connectivity index (χ1n) is 5.70. The maximum absolute atomic E-state index is 10.9. The van der Waals surface area contributed by atoms with Gasteiger partial charge in [-0.1, -0.05) is 0 Å². The van der Waals surface area contributed by atoms with Gasteiger partial charge in [0.05, 0.1) is 11.9 Å². The van der Waals surface area contributed by atoms with E-state index in [0.29, 0.717) is 18.1 Å². The summed E-state index contributed by atoms with van der Waals surface area (Å²) >= 11 is 0. The van der Waals surface area contributed by atoms with E-state index in [1.165, 1.54) is 12.1 Å². The van der Waals surface area contributed by atoms with E-state index in [-0.39, 0.29) is 5.69 Å². The van der Waals surface area contributed by atoms with E-state index >= 15 is 0 Å². The van der Waals surface area contributed by atoms with E-state index in [9.17, 15) is 4.79 Å². The highest BCUT2D eigenvalue weighted by Crippen LogP contribution is 2.17. The van der Waals surface area contributed by atoms with Crippen LogP contribution in [0.5, 0.6) is 0 Å². The molecule has 7 nitrogen and oxygen atoms in total. The first-order chi connectivity index (χ1) is 8.99. The molecule has 0 saturated carbocycles. The number of hydrogen-bond acceptors (Lipinski definition) is 5. The lowest BCUT2D eigenvalue weighted by Crippen LogP contribution is -2.09. The van der Waals surface area contributed by atoms with Crippen molar-refractivity contribution in [1.29, 1.82) is 0 Å². The van der Waals surface area contributed by atoms with Crippen LogP contribution in [0.2, 0.25) is 0 Å². The summed E-state index contributed by atoms with van der Waals surface area (Å²) in [6.07, 6.45) is 1.75. The molecule has 100 valence electrons. The van der Waals surface area contributed by atoms with Crippen LogP contribution in [0, 0.1) is 6.92 Å². The lowest BCUT2D eigenvalue weighted by atomic mass is 10.2. The second kappa shape index (κ2) is 4.97. The van der Waals surface area contributed by atoms with Gasteiger partial charge in [0.25, 0.3) is 0 Å². The number of carboxylic acids is 1. The molecule has 0 saturated heterocycles. The molecule has 0 fully saturated rings. The predicted molar refractivity (Wildman–Crippen MR) is 70.9 cm³/mol. The van der Waals surface area contributed by atoms with Crippen molar-refractivity contribution < 1.29 is 9.90 Å². The lowest BCUT2D eigenvalue weighted by molar-refractivity contribution is 0.0690. The van der Waals surface area contributed by atoms with Crippen molar-refractivity contribution in [3.8, 4) is 0 Å². The van der Waals surface area contributed by atoms with E-state index in [2.05, 4.69) is 15.4 Å². The number of pyridine rings is 1. The molecule has 0 bridgehead atoms. The topological polar surface area (TPSA) is 106 Å². The second-order valence-electron chi connectivity index (χ2n) is 4.17. The minimum absolute atomic E-state index is 0.0420. The zero-order chi connectivity index (χ0) is 14.0. The molecular formula is C12H15N5O2. The van der Waals surface area contributed by atoms with Gasteiger partial charge in [-0.3, -0.25) is 4.68 Å². The Kier molecular flexibility index (Phi) is 3.37. The first-order valence-corrected chi connectivity index (χ1v) is 5.70. The van der Waals surface area contributed by atoms with Crippen molar-refractivity contribution in [3.05, 3.63) is 35.3 Å². The molecule has 0 aliphatic carbocycles. The molecule has 7 heteroatoms. The van der Waals surface area contributed by atoms with Crippen LogP contribution in [0.25, 0.3) is 0 Å². The average Bonchev–Trinajstić information content (AvgIpc) is 2.69. The molecule has 0 aromatic carbocycles. The Morgan fingerprint density at radius 1 is 1.53 bits per heavy atom. The first kappa shape index (κ1) is 12.9. The number of aromatic carboxylic acids is 1. The van der Waals surface area contributed by atoms with Crippen LogP contribution in [0.4, 0.5) is 11.5 Å². The number of nitrogen functional groups attached to an aromatic ring is 1. The number of carbonyl (C=O) groups is 1. The van der Waals surface area contributed by atoms with Crippen LogP contribution >= 0.6 is 0 Å². The average molecular weight is 261 g/mol. The van der Waals surface area contributed by atoms with Crippen molar-refractivity contribution in [2.24, 2.45) is 7.05 Å². The van der Waals surface area contributed by atoms with Crippen molar-refractivity contribution in [2.45, 2.75) is 13.5 Å². The van der Waals surface area contributed by atoms with Gasteiger partial charge in [-0.05, 0) is 19.1 Å². The molecule has 0 atom stereocenters. The van der Waals surface area contributed by atoms with Crippen molar-refractivity contribution in [1.82, 2.24) is 14.8 Å². The number of aryl methyl sites for hydroxylation is 1. The highest BCUT2D eigenvalue weighted by molar-refractivity contribution is 5.86. The molecular weight excluding hydrogens is 246 g/mol. The van der Waals surface area contributed by atoms with E-state index in [1.807, 2.05) is 14.0 Å². The highest BCUT2D eigenvalue weighted by atomic mass is 16.4. The zero-order valence-electron chi connectivity index (χ0n) is 10.7. The van der Waals surface area contributed by atoms with Gasteiger partial charge in [0.15, 0.2) is 5.69 Å². The minimum atomic E-state index is -1.08. The van der Waals surface area contributed by atoms with Crippen LogP contribution in [0.1, 0.15) is 21.7 Å². The number of nitrogens with one attached hydrogen (secondary N) is 1. The van der Waals surface area contributed by atoms with Crippen molar-refractivity contribution in [2.75, 3.05) is 11.1 Å². The molecule has 0 radical (unpaired) electrons. The van der Waals surface area contributed by atoms with Gasteiger partial charge >= 0.3 is 5.97 Å². The monoisotopic (exact) mass is 261 g/mol. The standard InChI is InChI=1S/C12H15N5O2/c1-7-8(6-15-17(7)2)5-14-11-9(13)3-4-10(16-11)12(18)19/h3-4,6H,5,13H2,1-2H3,(H,14,16)(H,18,19). The molecule has 4 N–H and O–H groups in total. The normalized spacial score (nSPS) is 10.4. The van der Waals surface area contributed by atoms with Gasteiger partial charge in [0.1, 0.15) is 5.82 Å². The molecule has 0 amide bonds. The Morgan fingerprint density at radius 3 is 2.84 bits per heavy atom. The van der Waals surface area contributed by atoms with Gasteiger partial charge in [0, 0.05) is 24.8 Å². The Morgan fingerprint density at radius 2 is 2.26 bits per heavy atom. The molecule has 2 aromatic rings. The summed E-state index contributed by atoms with van der Waals surface area (Å²) in [5, 5.41) is 16.0. The largest absolute Gasteiger partial charge is 0.477 e. The zero-order valence-corrected chi connectivity index (χ0v) is 10.7. The number of aromatic nitrogens is 3. The Hall–Kier alpha value is -2.57. The Balaban J connectivity index is 2.17. The van der Waals surface area contributed by atoms with Gasteiger partial charge in [0.2, 0.25) is 0 Å². The van der Waals surface area contributed by atoms with Gasteiger partial charge in [-0.2, -0.15) is 5.10 Å². The third-order valence-electron chi connectivity index (χ3n) is 2.93. The Labute approximate surface area is 110 Å². The number of hydrogen-bond donors (Lipinski definition) is 3. The predicted octanol–water partition coefficient (Wildman–Crippen LogP) is 1.02. The van der Waals surface area contributed by atoms with Crippen LogP contribution in [0.3, 0.4) is 0 Å². The molecule has 0 unspecified atom stereocenters. The summed E-state index contributed by atoms with van der Waals surface area (Å²) in [6, 6.07) is 2.90. The second-order valence-corrected chi connectivity index (χ2v) is 4.17. The van der Waals surface area contributed by atoms with Crippen LogP contribution in [-0.2, 0) is 13.6 Å².